The molecule has 5 aromatic carbocycles. The lowest BCUT2D eigenvalue weighted by Crippen LogP contribution is -1.95. The predicted octanol–water partition coefficient (Wildman–Crippen LogP) is 10.4. The molecule has 1 aromatic heterocycles. The lowest BCUT2D eigenvalue weighted by molar-refractivity contribution is 0.306. The summed E-state index contributed by atoms with van der Waals surface area (Å²) in [4.78, 5) is 3.96. The third kappa shape index (κ3) is 10.4. The van der Waals surface area contributed by atoms with E-state index in [-0.39, 0.29) is 0 Å². The van der Waals surface area contributed by atoms with Gasteiger partial charge in [0.15, 0.2) is 0 Å². The zero-order valence-electron chi connectivity index (χ0n) is 24.5. The summed E-state index contributed by atoms with van der Waals surface area (Å²) in [6, 6.07) is 48.8. The second kappa shape index (κ2) is 16.2. The van der Waals surface area contributed by atoms with E-state index in [1.165, 1.54) is 27.8 Å². The number of hydrogen-bond acceptors (Lipinski definition) is 3. The van der Waals surface area contributed by atoms with Crippen molar-refractivity contribution in [1.82, 2.24) is 4.98 Å². The van der Waals surface area contributed by atoms with Crippen LogP contribution in [0.15, 0.2) is 158 Å². The number of hydrogen-bond donors (Lipinski definition) is 0. The van der Waals surface area contributed by atoms with E-state index in [1.807, 2.05) is 91.0 Å². The molecule has 0 aliphatic carbocycles. The van der Waals surface area contributed by atoms with Crippen LogP contribution < -0.4 is 9.47 Å². The summed E-state index contributed by atoms with van der Waals surface area (Å²) in [7, 11) is 0. The van der Waals surface area contributed by atoms with E-state index in [1.54, 1.807) is 12.4 Å². The predicted molar refractivity (Wildman–Crippen MR) is 174 cm³/mol. The molecule has 0 atom stereocenters. The minimum absolute atomic E-state index is 0.589. The van der Waals surface area contributed by atoms with Gasteiger partial charge in [-0.05, 0) is 91.6 Å². The van der Waals surface area contributed by atoms with Crippen LogP contribution in [0.3, 0.4) is 0 Å². The van der Waals surface area contributed by atoms with E-state index >= 15 is 0 Å². The van der Waals surface area contributed by atoms with Crippen LogP contribution in [-0.2, 0) is 6.61 Å². The van der Waals surface area contributed by atoms with Gasteiger partial charge in [-0.1, -0.05) is 108 Å². The molecule has 0 aliphatic heterocycles. The Morgan fingerprint density at radius 3 is 1.60 bits per heavy atom. The van der Waals surface area contributed by atoms with Crippen LogP contribution in [0.1, 0.15) is 22.3 Å². The molecule has 0 fully saturated rings. The standard InChI is InChI=1S/C13H13NO.C13H12O.C13H12/c1-11-3-2-4-13(9-11)15-10-12-5-7-14-8-6-12;1-11-7-9-13(10-8-11)14-12-5-3-2-4-6-12;1-11-7-9-13(10-8-11)12-5-3-2-4-6-12/h2-9H,10H2,1H3;2-10H,1H3;2-10H,1H3. The van der Waals surface area contributed by atoms with Crippen LogP contribution >= 0.6 is 0 Å². The minimum atomic E-state index is 0.589. The van der Waals surface area contributed by atoms with Crippen molar-refractivity contribution in [3.05, 3.63) is 180 Å². The van der Waals surface area contributed by atoms with E-state index in [9.17, 15) is 0 Å². The Hall–Kier alpha value is -5.15. The van der Waals surface area contributed by atoms with Crippen LogP contribution in [0.25, 0.3) is 11.1 Å². The zero-order valence-corrected chi connectivity index (χ0v) is 24.5. The van der Waals surface area contributed by atoms with Gasteiger partial charge in [0.05, 0.1) is 0 Å². The Labute approximate surface area is 250 Å². The van der Waals surface area contributed by atoms with Gasteiger partial charge >= 0.3 is 0 Å². The maximum atomic E-state index is 5.65. The summed E-state index contributed by atoms with van der Waals surface area (Å²) >= 11 is 0. The number of aryl methyl sites for hydroxylation is 3. The molecule has 1 heterocycles. The lowest BCUT2D eigenvalue weighted by atomic mass is 10.0. The van der Waals surface area contributed by atoms with Crippen LogP contribution in [0.5, 0.6) is 17.2 Å². The first-order chi connectivity index (χ1) is 20.5. The van der Waals surface area contributed by atoms with Crippen molar-refractivity contribution >= 4 is 0 Å². The van der Waals surface area contributed by atoms with Crippen LogP contribution in [0, 0.1) is 20.8 Å². The van der Waals surface area contributed by atoms with Crippen LogP contribution in [-0.4, -0.2) is 4.98 Å². The number of aromatic nitrogens is 1. The van der Waals surface area contributed by atoms with Crippen molar-refractivity contribution in [2.45, 2.75) is 27.4 Å². The molecule has 0 bridgehead atoms. The summed E-state index contributed by atoms with van der Waals surface area (Å²) in [6.07, 6.45) is 3.55. The van der Waals surface area contributed by atoms with Gasteiger partial charge in [-0.25, -0.2) is 0 Å². The smallest absolute Gasteiger partial charge is 0.127 e. The van der Waals surface area contributed by atoms with Gasteiger partial charge in [0.2, 0.25) is 0 Å². The average Bonchev–Trinajstić information content (AvgIpc) is 3.04. The quantitative estimate of drug-likeness (QED) is 0.206. The maximum Gasteiger partial charge on any atom is 0.127 e. The second-order valence-electron chi connectivity index (χ2n) is 9.92. The first kappa shape index (κ1) is 29.8. The Morgan fingerprint density at radius 1 is 0.452 bits per heavy atom. The topological polar surface area (TPSA) is 31.4 Å². The van der Waals surface area contributed by atoms with E-state index in [4.69, 9.17) is 9.47 Å². The summed E-state index contributed by atoms with van der Waals surface area (Å²) in [5.41, 5.74) is 7.45. The molecule has 0 aliphatic rings. The molecule has 3 heteroatoms. The molecule has 0 saturated carbocycles. The third-order valence-electron chi connectivity index (χ3n) is 6.30. The summed E-state index contributed by atoms with van der Waals surface area (Å²) in [5.74, 6) is 2.66. The summed E-state index contributed by atoms with van der Waals surface area (Å²) in [5, 5.41) is 0. The van der Waals surface area contributed by atoms with Crippen molar-refractivity contribution in [2.24, 2.45) is 0 Å². The van der Waals surface area contributed by atoms with Crippen molar-refractivity contribution in [2.75, 3.05) is 0 Å². The molecule has 6 aromatic rings. The fourth-order valence-electron chi connectivity index (χ4n) is 3.96. The average molecular weight is 552 g/mol. The maximum absolute atomic E-state index is 5.65. The van der Waals surface area contributed by atoms with Crippen molar-refractivity contribution in [3.63, 3.8) is 0 Å². The first-order valence-electron chi connectivity index (χ1n) is 14.1. The first-order valence-corrected chi connectivity index (χ1v) is 14.1. The fourth-order valence-corrected chi connectivity index (χ4v) is 3.96. The van der Waals surface area contributed by atoms with Gasteiger partial charge in [-0.15, -0.1) is 0 Å². The highest BCUT2D eigenvalue weighted by molar-refractivity contribution is 5.63. The van der Waals surface area contributed by atoms with Gasteiger partial charge in [-0.2, -0.15) is 0 Å². The highest BCUT2D eigenvalue weighted by atomic mass is 16.5. The van der Waals surface area contributed by atoms with E-state index < -0.39 is 0 Å². The number of benzene rings is 5. The molecule has 0 unspecified atom stereocenters. The van der Waals surface area contributed by atoms with E-state index in [2.05, 4.69) is 80.4 Å². The number of nitrogens with zero attached hydrogens (tertiary/aromatic N) is 1. The molecule has 0 radical (unpaired) electrons. The molecule has 0 spiro atoms. The van der Waals surface area contributed by atoms with Gasteiger partial charge in [0.1, 0.15) is 23.9 Å². The Morgan fingerprint density at radius 2 is 0.976 bits per heavy atom. The van der Waals surface area contributed by atoms with Gasteiger partial charge < -0.3 is 9.47 Å². The van der Waals surface area contributed by atoms with E-state index in [0.717, 1.165) is 22.8 Å². The number of para-hydroxylation sites is 1. The molecular weight excluding hydrogens is 514 g/mol. The van der Waals surface area contributed by atoms with Gasteiger partial charge in [0.25, 0.3) is 0 Å². The fraction of sp³-hybridized carbons (Fsp3) is 0.103. The Bertz CT molecular complexity index is 1580. The Balaban J connectivity index is 0.000000145. The number of rotatable bonds is 6. The molecule has 6 rings (SSSR count). The normalized spacial score (nSPS) is 9.88. The molecule has 42 heavy (non-hydrogen) atoms. The highest BCUT2D eigenvalue weighted by Crippen LogP contribution is 2.21. The third-order valence-corrected chi connectivity index (χ3v) is 6.30. The van der Waals surface area contributed by atoms with E-state index in [0.29, 0.717) is 6.61 Å². The summed E-state index contributed by atoms with van der Waals surface area (Å²) in [6.45, 7) is 6.81. The number of pyridine rings is 1. The lowest BCUT2D eigenvalue weighted by Gasteiger charge is -2.06. The monoisotopic (exact) mass is 551 g/mol. The number of ether oxygens (including phenoxy) is 2. The Kier molecular flexibility index (Phi) is 11.5. The van der Waals surface area contributed by atoms with Crippen molar-refractivity contribution in [3.8, 4) is 28.4 Å². The molecule has 210 valence electrons. The molecule has 0 N–H and O–H groups in total. The SMILES string of the molecule is Cc1ccc(-c2ccccc2)cc1.Cc1ccc(Oc2ccccc2)cc1.Cc1cccc(OCc2ccncc2)c1. The summed E-state index contributed by atoms with van der Waals surface area (Å²) < 4.78 is 11.3. The zero-order chi connectivity index (χ0) is 29.4. The van der Waals surface area contributed by atoms with Crippen molar-refractivity contribution < 1.29 is 9.47 Å². The van der Waals surface area contributed by atoms with Crippen LogP contribution in [0.2, 0.25) is 0 Å². The van der Waals surface area contributed by atoms with Crippen LogP contribution in [0.4, 0.5) is 0 Å². The molecule has 0 amide bonds. The van der Waals surface area contributed by atoms with Gasteiger partial charge in [-0.3, -0.25) is 4.98 Å². The molecular formula is C39H37NO2. The largest absolute Gasteiger partial charge is 0.489 e. The minimum Gasteiger partial charge on any atom is -0.489 e. The molecule has 0 saturated heterocycles. The van der Waals surface area contributed by atoms with Crippen molar-refractivity contribution in [1.29, 1.82) is 0 Å². The molecule has 3 nitrogen and oxygen atoms in total. The highest BCUT2D eigenvalue weighted by Gasteiger charge is 1.96. The van der Waals surface area contributed by atoms with Gasteiger partial charge in [0, 0.05) is 12.4 Å². The second-order valence-corrected chi connectivity index (χ2v) is 9.92.